The number of hydrogen-bond donors (Lipinski definition) is 1. The molecule has 15 heavy (non-hydrogen) atoms. The molecule has 7 heteroatoms. The van der Waals surface area contributed by atoms with Crippen LogP contribution in [0.2, 0.25) is 0 Å². The molecule has 1 aromatic heterocycles. The van der Waals surface area contributed by atoms with Crippen molar-refractivity contribution in [2.24, 2.45) is 0 Å². The van der Waals surface area contributed by atoms with E-state index >= 15 is 0 Å². The predicted octanol–water partition coefficient (Wildman–Crippen LogP) is 3.17. The number of hydrogen-bond acceptors (Lipinski definition) is 2. The fourth-order valence-electron chi connectivity index (χ4n) is 0.972. The van der Waals surface area contributed by atoms with E-state index in [1.165, 1.54) is 0 Å². The van der Waals surface area contributed by atoms with Crippen molar-refractivity contribution >= 4 is 37.8 Å². The number of pyridine rings is 1. The number of carboxylic acid groups (broad SMARTS) is 1. The first kappa shape index (κ1) is 12.5. The fourth-order valence-corrected chi connectivity index (χ4v) is 1.78. The second kappa shape index (κ2) is 4.98. The van der Waals surface area contributed by atoms with Crippen molar-refractivity contribution in [2.45, 2.75) is 12.8 Å². The van der Waals surface area contributed by atoms with E-state index in [9.17, 15) is 13.6 Å². The number of carboxylic acids is 1. The topological polar surface area (TPSA) is 50.2 Å². The SMILES string of the molecule is O=C(O)Cc1cc(C(F)F)nc(Br)c1Br. The minimum atomic E-state index is -2.72. The van der Waals surface area contributed by atoms with Gasteiger partial charge in [0.05, 0.1) is 10.9 Å². The minimum absolute atomic E-state index is 0.177. The third-order valence-electron chi connectivity index (χ3n) is 1.58. The van der Waals surface area contributed by atoms with Crippen molar-refractivity contribution in [2.75, 3.05) is 0 Å². The van der Waals surface area contributed by atoms with Crippen LogP contribution in [0.25, 0.3) is 0 Å². The zero-order valence-electron chi connectivity index (χ0n) is 7.18. The van der Waals surface area contributed by atoms with Crippen LogP contribution in [0.5, 0.6) is 0 Å². The molecular formula is C8H5Br2F2NO2. The molecule has 0 aliphatic heterocycles. The molecule has 0 aliphatic rings. The van der Waals surface area contributed by atoms with Gasteiger partial charge in [-0.1, -0.05) is 0 Å². The molecule has 0 aromatic carbocycles. The summed E-state index contributed by atoms with van der Waals surface area (Å²) < 4.78 is 25.3. The third-order valence-corrected chi connectivity index (χ3v) is 3.57. The Morgan fingerprint density at radius 1 is 1.53 bits per heavy atom. The Morgan fingerprint density at radius 3 is 2.60 bits per heavy atom. The van der Waals surface area contributed by atoms with Crippen LogP contribution in [-0.2, 0) is 11.2 Å². The smallest absolute Gasteiger partial charge is 0.307 e. The highest BCUT2D eigenvalue weighted by molar-refractivity contribution is 9.13. The van der Waals surface area contributed by atoms with Gasteiger partial charge in [0.15, 0.2) is 0 Å². The maximum Gasteiger partial charge on any atom is 0.307 e. The Morgan fingerprint density at radius 2 is 2.13 bits per heavy atom. The first-order valence-electron chi connectivity index (χ1n) is 3.76. The van der Waals surface area contributed by atoms with E-state index in [0.717, 1.165) is 6.07 Å². The summed E-state index contributed by atoms with van der Waals surface area (Å²) in [6.07, 6.45) is -3.05. The molecule has 0 spiro atoms. The maximum absolute atomic E-state index is 12.4. The Labute approximate surface area is 101 Å². The summed E-state index contributed by atoms with van der Waals surface area (Å²) in [5, 5.41) is 8.57. The lowest BCUT2D eigenvalue weighted by Gasteiger charge is -2.06. The van der Waals surface area contributed by atoms with Crippen LogP contribution in [0.4, 0.5) is 8.78 Å². The van der Waals surface area contributed by atoms with Gasteiger partial charge in [0.1, 0.15) is 10.3 Å². The van der Waals surface area contributed by atoms with Crippen LogP contribution >= 0.6 is 31.9 Å². The Balaban J connectivity index is 3.18. The van der Waals surface area contributed by atoms with Gasteiger partial charge < -0.3 is 5.11 Å². The molecule has 0 amide bonds. The first-order chi connectivity index (χ1) is 6.91. The summed E-state index contributed by atoms with van der Waals surface area (Å²) in [6, 6.07) is 1.08. The van der Waals surface area contributed by atoms with Gasteiger partial charge >= 0.3 is 5.97 Å². The van der Waals surface area contributed by atoms with Gasteiger partial charge in [0.2, 0.25) is 0 Å². The molecule has 0 saturated carbocycles. The lowest BCUT2D eigenvalue weighted by Crippen LogP contribution is -2.04. The highest BCUT2D eigenvalue weighted by Crippen LogP contribution is 2.29. The van der Waals surface area contributed by atoms with Gasteiger partial charge in [-0.15, -0.1) is 0 Å². The average molecular weight is 345 g/mol. The van der Waals surface area contributed by atoms with E-state index in [4.69, 9.17) is 5.11 Å². The van der Waals surface area contributed by atoms with Crippen LogP contribution in [0, 0.1) is 0 Å². The largest absolute Gasteiger partial charge is 0.481 e. The van der Waals surface area contributed by atoms with Crippen LogP contribution < -0.4 is 0 Å². The molecule has 0 atom stereocenters. The average Bonchev–Trinajstić information content (AvgIpc) is 2.11. The number of halogens is 4. The molecule has 1 rings (SSSR count). The van der Waals surface area contributed by atoms with Crippen molar-refractivity contribution in [1.29, 1.82) is 0 Å². The standard InChI is InChI=1S/C8H5Br2F2NO2/c9-6-3(2-5(14)15)1-4(8(11)12)13-7(6)10/h1,8H,2H2,(H,14,15). The van der Waals surface area contributed by atoms with Crippen molar-refractivity contribution in [3.05, 3.63) is 26.4 Å². The van der Waals surface area contributed by atoms with Gasteiger partial charge in [0.25, 0.3) is 6.43 Å². The van der Waals surface area contributed by atoms with Crippen LogP contribution in [0.15, 0.2) is 15.1 Å². The van der Waals surface area contributed by atoms with Crippen LogP contribution in [-0.4, -0.2) is 16.1 Å². The molecule has 1 aromatic rings. The van der Waals surface area contributed by atoms with E-state index in [2.05, 4.69) is 36.8 Å². The van der Waals surface area contributed by atoms with E-state index in [0.29, 0.717) is 4.47 Å². The number of aromatic nitrogens is 1. The highest BCUT2D eigenvalue weighted by Gasteiger charge is 2.16. The summed E-state index contributed by atoms with van der Waals surface area (Å²) >= 11 is 6.05. The quantitative estimate of drug-likeness (QED) is 0.857. The highest BCUT2D eigenvalue weighted by atomic mass is 79.9. The molecule has 0 fully saturated rings. The van der Waals surface area contributed by atoms with Gasteiger partial charge in [-0.3, -0.25) is 4.79 Å². The molecule has 0 bridgehead atoms. The molecule has 0 saturated heterocycles. The number of alkyl halides is 2. The minimum Gasteiger partial charge on any atom is -0.481 e. The predicted molar refractivity (Wildman–Crippen MR) is 55.9 cm³/mol. The molecule has 1 N–H and O–H groups in total. The van der Waals surface area contributed by atoms with Crippen molar-refractivity contribution in [3.63, 3.8) is 0 Å². The summed E-state index contributed by atoms with van der Waals surface area (Å²) in [5.41, 5.74) is -0.180. The summed E-state index contributed by atoms with van der Waals surface area (Å²) in [5.74, 6) is -1.09. The van der Waals surface area contributed by atoms with E-state index in [1.54, 1.807) is 0 Å². The van der Waals surface area contributed by atoms with Gasteiger partial charge in [-0.25, -0.2) is 13.8 Å². The van der Waals surface area contributed by atoms with E-state index in [-0.39, 0.29) is 16.6 Å². The molecule has 82 valence electrons. The fraction of sp³-hybridized carbons (Fsp3) is 0.250. The summed E-state index contributed by atoms with van der Waals surface area (Å²) in [6.45, 7) is 0. The maximum atomic E-state index is 12.4. The van der Waals surface area contributed by atoms with E-state index in [1.807, 2.05) is 0 Å². The van der Waals surface area contributed by atoms with Gasteiger partial charge in [-0.2, -0.15) is 0 Å². The summed E-state index contributed by atoms with van der Waals surface area (Å²) in [7, 11) is 0. The van der Waals surface area contributed by atoms with Crippen LogP contribution in [0.1, 0.15) is 17.7 Å². The Kier molecular flexibility index (Phi) is 4.15. The summed E-state index contributed by atoms with van der Waals surface area (Å²) in [4.78, 5) is 14.0. The zero-order valence-corrected chi connectivity index (χ0v) is 10.3. The van der Waals surface area contributed by atoms with Crippen molar-refractivity contribution in [1.82, 2.24) is 4.98 Å². The van der Waals surface area contributed by atoms with E-state index < -0.39 is 18.1 Å². The van der Waals surface area contributed by atoms with Crippen LogP contribution in [0.3, 0.4) is 0 Å². The van der Waals surface area contributed by atoms with Crippen molar-refractivity contribution < 1.29 is 18.7 Å². The molecular weight excluding hydrogens is 340 g/mol. The normalized spacial score (nSPS) is 10.7. The number of carbonyl (C=O) groups is 1. The third kappa shape index (κ3) is 3.20. The van der Waals surface area contributed by atoms with Gasteiger partial charge in [-0.05, 0) is 43.5 Å². The Bertz CT molecular complexity index is 398. The lowest BCUT2D eigenvalue weighted by atomic mass is 10.2. The monoisotopic (exact) mass is 343 g/mol. The molecule has 0 radical (unpaired) electrons. The number of nitrogens with zero attached hydrogens (tertiary/aromatic N) is 1. The molecule has 1 heterocycles. The second-order valence-electron chi connectivity index (χ2n) is 2.68. The first-order valence-corrected chi connectivity index (χ1v) is 5.35. The van der Waals surface area contributed by atoms with Gasteiger partial charge in [0, 0.05) is 0 Å². The molecule has 0 aliphatic carbocycles. The number of rotatable bonds is 3. The van der Waals surface area contributed by atoms with Crippen molar-refractivity contribution in [3.8, 4) is 0 Å². The zero-order chi connectivity index (χ0) is 11.6. The lowest BCUT2D eigenvalue weighted by molar-refractivity contribution is -0.136. The number of aliphatic carboxylic acids is 1. The molecule has 3 nitrogen and oxygen atoms in total. The second-order valence-corrected chi connectivity index (χ2v) is 4.23. The Hall–Kier alpha value is -0.560. The molecule has 0 unspecified atom stereocenters.